The average Bonchev–Trinajstić information content (AvgIpc) is 2.66. The van der Waals surface area contributed by atoms with Gasteiger partial charge in [0.05, 0.1) is 6.20 Å². The van der Waals surface area contributed by atoms with Crippen LogP contribution in [0.5, 0.6) is 0 Å². The van der Waals surface area contributed by atoms with Crippen molar-refractivity contribution in [2.75, 3.05) is 10.2 Å². The fourth-order valence-electron chi connectivity index (χ4n) is 2.46. The molecule has 0 amide bonds. The van der Waals surface area contributed by atoms with E-state index in [1.54, 1.807) is 12.4 Å². The number of anilines is 2. The van der Waals surface area contributed by atoms with Crippen molar-refractivity contribution in [2.45, 2.75) is 33.0 Å². The molecular formula is C19H22N6. The van der Waals surface area contributed by atoms with Crippen molar-refractivity contribution in [3.8, 4) is 0 Å². The summed E-state index contributed by atoms with van der Waals surface area (Å²) in [6.45, 7) is 5.64. The van der Waals surface area contributed by atoms with Crippen LogP contribution >= 0.6 is 0 Å². The molecule has 0 aliphatic heterocycles. The first-order chi connectivity index (χ1) is 12.2. The molecule has 0 spiro atoms. The average molecular weight is 334 g/mol. The topological polar surface area (TPSA) is 66.8 Å². The van der Waals surface area contributed by atoms with E-state index in [0.29, 0.717) is 18.3 Å². The highest BCUT2D eigenvalue weighted by atomic mass is 15.3. The van der Waals surface area contributed by atoms with Gasteiger partial charge in [0, 0.05) is 31.5 Å². The minimum absolute atomic E-state index is 0.260. The zero-order valence-corrected chi connectivity index (χ0v) is 14.5. The van der Waals surface area contributed by atoms with Crippen molar-refractivity contribution in [1.29, 1.82) is 0 Å². The summed E-state index contributed by atoms with van der Waals surface area (Å²) in [6.07, 6.45) is 5.23. The molecule has 0 unspecified atom stereocenters. The highest BCUT2D eigenvalue weighted by molar-refractivity contribution is 5.40. The molecular weight excluding hydrogens is 312 g/mol. The predicted octanol–water partition coefficient (Wildman–Crippen LogP) is 3.29. The highest BCUT2D eigenvalue weighted by Gasteiger charge is 2.15. The maximum absolute atomic E-state index is 4.63. The van der Waals surface area contributed by atoms with E-state index in [0.717, 1.165) is 12.1 Å². The van der Waals surface area contributed by atoms with Gasteiger partial charge in [-0.3, -0.25) is 4.98 Å². The second kappa shape index (κ2) is 8.19. The Morgan fingerprint density at radius 2 is 1.80 bits per heavy atom. The Kier molecular flexibility index (Phi) is 5.51. The number of pyridine rings is 1. The molecule has 3 rings (SSSR count). The summed E-state index contributed by atoms with van der Waals surface area (Å²) in [5.41, 5.74) is 2.31. The summed E-state index contributed by atoms with van der Waals surface area (Å²) in [5.74, 6) is 1.32. The lowest BCUT2D eigenvalue weighted by molar-refractivity contribution is 0.652. The van der Waals surface area contributed by atoms with Crippen LogP contribution in [0.3, 0.4) is 0 Å². The van der Waals surface area contributed by atoms with Crippen LogP contribution in [-0.2, 0) is 13.1 Å². The molecule has 1 N–H and O–H groups in total. The number of nitrogens with zero attached hydrogens (tertiary/aromatic N) is 5. The minimum atomic E-state index is 0.260. The van der Waals surface area contributed by atoms with Gasteiger partial charge in [-0.05, 0) is 31.0 Å². The molecule has 6 nitrogen and oxygen atoms in total. The van der Waals surface area contributed by atoms with Gasteiger partial charge in [-0.2, -0.15) is 10.1 Å². The Morgan fingerprint density at radius 1 is 1.00 bits per heavy atom. The van der Waals surface area contributed by atoms with E-state index < -0.39 is 0 Å². The standard InChI is InChI=1S/C19H22N6/c1-15(2)25(14-16-7-4-3-5-8-16)19-23-18(13-22-24-19)21-12-17-9-6-10-20-11-17/h3-11,13,15H,12,14H2,1-2H3,(H,21,23,24). The molecule has 3 aromatic rings. The molecule has 6 heteroatoms. The molecule has 1 aromatic carbocycles. The number of aromatic nitrogens is 4. The molecule has 0 bridgehead atoms. The lowest BCUT2D eigenvalue weighted by Crippen LogP contribution is -2.32. The smallest absolute Gasteiger partial charge is 0.247 e. The first-order valence-electron chi connectivity index (χ1n) is 8.35. The maximum atomic E-state index is 4.63. The van der Waals surface area contributed by atoms with Crippen molar-refractivity contribution in [2.24, 2.45) is 0 Å². The summed E-state index contributed by atoms with van der Waals surface area (Å²) in [6, 6.07) is 14.5. The molecule has 2 aromatic heterocycles. The third kappa shape index (κ3) is 4.73. The molecule has 0 radical (unpaired) electrons. The van der Waals surface area contributed by atoms with E-state index in [2.05, 4.69) is 56.4 Å². The van der Waals surface area contributed by atoms with Crippen LogP contribution in [0.4, 0.5) is 11.8 Å². The summed E-state index contributed by atoms with van der Waals surface area (Å²) < 4.78 is 0. The first-order valence-corrected chi connectivity index (χ1v) is 8.35. The lowest BCUT2D eigenvalue weighted by Gasteiger charge is -2.26. The van der Waals surface area contributed by atoms with Gasteiger partial charge in [0.2, 0.25) is 5.95 Å². The summed E-state index contributed by atoms with van der Waals surface area (Å²) in [7, 11) is 0. The second-order valence-electron chi connectivity index (χ2n) is 6.06. The van der Waals surface area contributed by atoms with Crippen LogP contribution in [0, 0.1) is 0 Å². The minimum Gasteiger partial charge on any atom is -0.364 e. The van der Waals surface area contributed by atoms with Gasteiger partial charge in [-0.1, -0.05) is 36.4 Å². The van der Waals surface area contributed by atoms with Crippen LogP contribution in [-0.4, -0.2) is 26.2 Å². The molecule has 2 heterocycles. The van der Waals surface area contributed by atoms with Crippen LogP contribution < -0.4 is 10.2 Å². The van der Waals surface area contributed by atoms with E-state index in [-0.39, 0.29) is 6.04 Å². The Hall–Kier alpha value is -3.02. The second-order valence-corrected chi connectivity index (χ2v) is 6.06. The quantitative estimate of drug-likeness (QED) is 0.715. The van der Waals surface area contributed by atoms with E-state index in [4.69, 9.17) is 0 Å². The van der Waals surface area contributed by atoms with Crippen molar-refractivity contribution in [3.63, 3.8) is 0 Å². The number of rotatable bonds is 7. The van der Waals surface area contributed by atoms with Gasteiger partial charge in [-0.15, -0.1) is 5.10 Å². The van der Waals surface area contributed by atoms with Crippen molar-refractivity contribution in [1.82, 2.24) is 20.2 Å². The van der Waals surface area contributed by atoms with Gasteiger partial charge >= 0.3 is 0 Å². The predicted molar refractivity (Wildman–Crippen MR) is 99.2 cm³/mol. The number of benzene rings is 1. The molecule has 0 saturated carbocycles. The van der Waals surface area contributed by atoms with E-state index in [9.17, 15) is 0 Å². The monoisotopic (exact) mass is 334 g/mol. The van der Waals surface area contributed by atoms with Crippen LogP contribution in [0.15, 0.2) is 61.1 Å². The summed E-state index contributed by atoms with van der Waals surface area (Å²) >= 11 is 0. The number of hydrogen-bond acceptors (Lipinski definition) is 6. The SMILES string of the molecule is CC(C)N(Cc1ccccc1)c1nncc(NCc2cccnc2)n1. The molecule has 0 atom stereocenters. The van der Waals surface area contributed by atoms with Crippen molar-refractivity contribution >= 4 is 11.8 Å². The summed E-state index contributed by atoms with van der Waals surface area (Å²) in [4.78, 5) is 10.9. The Bertz CT molecular complexity index is 776. The summed E-state index contributed by atoms with van der Waals surface area (Å²) in [5, 5.41) is 11.6. The van der Waals surface area contributed by atoms with E-state index >= 15 is 0 Å². The van der Waals surface area contributed by atoms with Gasteiger partial charge < -0.3 is 10.2 Å². The molecule has 25 heavy (non-hydrogen) atoms. The van der Waals surface area contributed by atoms with Gasteiger partial charge in [0.25, 0.3) is 0 Å². The first kappa shape index (κ1) is 16.8. The number of nitrogens with one attached hydrogen (secondary N) is 1. The fraction of sp³-hybridized carbons (Fsp3) is 0.263. The van der Waals surface area contributed by atoms with Gasteiger partial charge in [-0.25, -0.2) is 0 Å². The highest BCUT2D eigenvalue weighted by Crippen LogP contribution is 2.16. The van der Waals surface area contributed by atoms with Crippen LogP contribution in [0.1, 0.15) is 25.0 Å². The van der Waals surface area contributed by atoms with Crippen LogP contribution in [0.25, 0.3) is 0 Å². The van der Waals surface area contributed by atoms with Crippen LogP contribution in [0.2, 0.25) is 0 Å². The maximum Gasteiger partial charge on any atom is 0.247 e. The molecule has 0 saturated heterocycles. The molecule has 0 aliphatic rings. The Morgan fingerprint density at radius 3 is 2.52 bits per heavy atom. The molecule has 0 fully saturated rings. The normalized spacial score (nSPS) is 10.7. The Balaban J connectivity index is 1.73. The Labute approximate surface area is 148 Å². The lowest BCUT2D eigenvalue weighted by atomic mass is 10.2. The van der Waals surface area contributed by atoms with E-state index in [1.807, 2.05) is 36.5 Å². The third-order valence-corrected chi connectivity index (χ3v) is 3.82. The molecule has 0 aliphatic carbocycles. The van der Waals surface area contributed by atoms with E-state index in [1.165, 1.54) is 5.56 Å². The van der Waals surface area contributed by atoms with Gasteiger partial charge in [0.15, 0.2) is 5.82 Å². The fourth-order valence-corrected chi connectivity index (χ4v) is 2.46. The third-order valence-electron chi connectivity index (χ3n) is 3.82. The van der Waals surface area contributed by atoms with Crippen molar-refractivity contribution < 1.29 is 0 Å². The van der Waals surface area contributed by atoms with Crippen molar-refractivity contribution in [3.05, 3.63) is 72.2 Å². The zero-order chi connectivity index (χ0) is 17.5. The molecule has 128 valence electrons. The zero-order valence-electron chi connectivity index (χ0n) is 14.5. The van der Waals surface area contributed by atoms with Gasteiger partial charge in [0.1, 0.15) is 0 Å². The largest absolute Gasteiger partial charge is 0.364 e. The number of hydrogen-bond donors (Lipinski definition) is 1.